The summed E-state index contributed by atoms with van der Waals surface area (Å²) in [4.78, 5) is 0. The van der Waals surface area contributed by atoms with E-state index in [1.165, 1.54) is 6.07 Å². The lowest BCUT2D eigenvalue weighted by atomic mass is 10.1. The van der Waals surface area contributed by atoms with Crippen LogP contribution in [0.15, 0.2) is 14.7 Å². The molecule has 0 radical (unpaired) electrons. The summed E-state index contributed by atoms with van der Waals surface area (Å²) >= 11 is 6.68. The van der Waals surface area contributed by atoms with Gasteiger partial charge >= 0.3 is 0 Å². The number of aliphatic hydroxyl groups is 1. The fraction of sp³-hybridized carbons (Fsp3) is 0.375. The molecule has 2 rings (SSSR count). The highest BCUT2D eigenvalue weighted by Gasteiger charge is 2.33. The molecule has 0 saturated carbocycles. The van der Waals surface area contributed by atoms with Gasteiger partial charge in [0.25, 0.3) is 10.0 Å². The maximum absolute atomic E-state index is 11.9. The topological polar surface area (TPSA) is 96.0 Å². The fourth-order valence-corrected chi connectivity index (χ4v) is 4.33. The molecule has 1 aliphatic rings. The van der Waals surface area contributed by atoms with Crippen LogP contribution in [0.3, 0.4) is 0 Å². The summed E-state index contributed by atoms with van der Waals surface area (Å²) < 4.78 is 27.7. The van der Waals surface area contributed by atoms with Crippen molar-refractivity contribution in [2.45, 2.75) is 11.1 Å². The Balaban J connectivity index is 2.61. The molecule has 9 heteroatoms. The van der Waals surface area contributed by atoms with Gasteiger partial charge in [0, 0.05) is 5.92 Å². The van der Waals surface area contributed by atoms with Gasteiger partial charge < -0.3 is 5.11 Å². The lowest BCUT2D eigenvalue weighted by Crippen LogP contribution is -2.44. The highest BCUT2D eigenvalue weighted by Crippen LogP contribution is 2.40. The number of hydrogen-bond donors (Lipinski definition) is 2. The molecule has 3 N–H and O–H groups in total. The molecular formula is C8H10ClN3O3S2. The number of nitrogens with zero attached hydrogens (tertiary/aromatic N) is 2. The monoisotopic (exact) mass is 295 g/mol. The zero-order chi connectivity index (χ0) is 12.8. The molecule has 94 valence electrons. The lowest BCUT2D eigenvalue weighted by Gasteiger charge is -2.26. The first-order chi connectivity index (χ1) is 7.86. The van der Waals surface area contributed by atoms with Gasteiger partial charge in [-0.3, -0.25) is 5.01 Å². The van der Waals surface area contributed by atoms with Gasteiger partial charge in [-0.25, -0.2) is 5.84 Å². The van der Waals surface area contributed by atoms with Crippen LogP contribution in [0.1, 0.15) is 6.92 Å². The first-order valence-electron chi connectivity index (χ1n) is 4.66. The number of fused-ring (bicyclic) bond motifs is 1. The first kappa shape index (κ1) is 12.8. The number of sulfonamides is 1. The third-order valence-corrected chi connectivity index (χ3v) is 5.35. The Bertz CT molecular complexity index is 581. The van der Waals surface area contributed by atoms with Crippen molar-refractivity contribution in [2.75, 3.05) is 11.6 Å². The van der Waals surface area contributed by atoms with Crippen LogP contribution >= 0.6 is 22.9 Å². The minimum absolute atomic E-state index is 0.0267. The molecule has 0 amide bonds. The third-order valence-electron chi connectivity index (χ3n) is 2.32. The highest BCUT2D eigenvalue weighted by atomic mass is 35.5. The molecule has 0 spiro atoms. The molecule has 0 fully saturated rings. The molecule has 2 heterocycles. The Morgan fingerprint density at radius 2 is 2.35 bits per heavy atom. The molecular weight excluding hydrogens is 286 g/mol. The third kappa shape index (κ3) is 2.06. The molecule has 17 heavy (non-hydrogen) atoms. The Kier molecular flexibility index (Phi) is 3.17. The number of hydrazine groups is 1. The largest absolute Gasteiger partial charge is 0.396 e. The van der Waals surface area contributed by atoms with Crippen molar-refractivity contribution in [3.05, 3.63) is 10.4 Å². The van der Waals surface area contributed by atoms with Crippen LogP contribution in [0, 0.1) is 5.92 Å². The number of thiophene rings is 1. The summed E-state index contributed by atoms with van der Waals surface area (Å²) in [6.07, 6.45) is 0. The number of hydrogen-bond acceptors (Lipinski definition) is 6. The van der Waals surface area contributed by atoms with Crippen molar-refractivity contribution in [3.8, 4) is 0 Å². The molecule has 1 aromatic heterocycles. The zero-order valence-electron chi connectivity index (χ0n) is 8.79. The van der Waals surface area contributed by atoms with Crippen LogP contribution in [0.25, 0.3) is 0 Å². The molecule has 0 aliphatic carbocycles. The van der Waals surface area contributed by atoms with E-state index in [2.05, 4.69) is 4.40 Å². The SMILES string of the molecule is CC(CO)C1=NS(=O)(=O)c2sc(Cl)cc2N1N. The first-order valence-corrected chi connectivity index (χ1v) is 7.30. The minimum atomic E-state index is -3.77. The Hall–Kier alpha value is -0.670. The van der Waals surface area contributed by atoms with Gasteiger partial charge in [-0.2, -0.15) is 8.42 Å². The Morgan fingerprint density at radius 3 is 2.94 bits per heavy atom. The standard InChI is InChI=1S/C8H10ClN3O3S2/c1-4(3-13)7-11-17(14,15)8-5(12(7)10)2-6(9)16-8/h2,4,13H,3,10H2,1H3. The van der Waals surface area contributed by atoms with Gasteiger partial charge in [-0.1, -0.05) is 18.5 Å². The highest BCUT2D eigenvalue weighted by molar-refractivity contribution is 7.92. The van der Waals surface area contributed by atoms with Crippen molar-refractivity contribution in [1.82, 2.24) is 0 Å². The smallest absolute Gasteiger partial charge is 0.295 e. The average Bonchev–Trinajstić information content (AvgIpc) is 2.66. The normalized spacial score (nSPS) is 19.8. The van der Waals surface area contributed by atoms with Crippen molar-refractivity contribution < 1.29 is 13.5 Å². The van der Waals surface area contributed by atoms with Crippen molar-refractivity contribution in [2.24, 2.45) is 16.2 Å². The number of rotatable bonds is 2. The quantitative estimate of drug-likeness (QED) is 0.787. The van der Waals surface area contributed by atoms with Gasteiger partial charge in [-0.05, 0) is 6.07 Å². The number of halogens is 1. The van der Waals surface area contributed by atoms with E-state index >= 15 is 0 Å². The van der Waals surface area contributed by atoms with Gasteiger partial charge in [0.2, 0.25) is 0 Å². The maximum Gasteiger partial charge on any atom is 0.295 e. The van der Waals surface area contributed by atoms with E-state index in [0.717, 1.165) is 16.3 Å². The summed E-state index contributed by atoms with van der Waals surface area (Å²) in [6, 6.07) is 1.47. The van der Waals surface area contributed by atoms with E-state index in [9.17, 15) is 8.42 Å². The van der Waals surface area contributed by atoms with Crippen molar-refractivity contribution in [3.63, 3.8) is 0 Å². The van der Waals surface area contributed by atoms with Gasteiger partial charge in [-0.15, -0.1) is 15.7 Å². The maximum atomic E-state index is 11.9. The van der Waals surface area contributed by atoms with E-state index in [-0.39, 0.29) is 16.7 Å². The summed E-state index contributed by atoms with van der Waals surface area (Å²) in [5.74, 6) is 5.41. The second kappa shape index (κ2) is 4.21. The van der Waals surface area contributed by atoms with Gasteiger partial charge in [0.15, 0.2) is 4.21 Å². The van der Waals surface area contributed by atoms with Gasteiger partial charge in [0.1, 0.15) is 5.84 Å². The van der Waals surface area contributed by atoms with Gasteiger partial charge in [0.05, 0.1) is 16.6 Å². The van der Waals surface area contributed by atoms with Crippen LogP contribution < -0.4 is 10.9 Å². The predicted octanol–water partition coefficient (Wildman–Crippen LogP) is 0.811. The summed E-state index contributed by atoms with van der Waals surface area (Å²) in [5.41, 5.74) is 0.297. The molecule has 0 saturated heterocycles. The van der Waals surface area contributed by atoms with Crippen molar-refractivity contribution >= 4 is 44.5 Å². The van der Waals surface area contributed by atoms with E-state index < -0.39 is 15.9 Å². The zero-order valence-corrected chi connectivity index (χ0v) is 11.2. The second-order valence-corrected chi connectivity index (χ2v) is 7.08. The Labute approximate surface area is 107 Å². The number of amidine groups is 1. The number of anilines is 1. The van der Waals surface area contributed by atoms with E-state index in [1.807, 2.05) is 0 Å². The van der Waals surface area contributed by atoms with Crippen LogP contribution in [0.4, 0.5) is 5.69 Å². The van der Waals surface area contributed by atoms with E-state index in [1.54, 1.807) is 6.92 Å². The number of nitrogens with two attached hydrogens (primary N) is 1. The molecule has 0 bridgehead atoms. The Morgan fingerprint density at radius 1 is 1.71 bits per heavy atom. The predicted molar refractivity (Wildman–Crippen MR) is 66.9 cm³/mol. The fourth-order valence-electron chi connectivity index (χ4n) is 1.43. The van der Waals surface area contributed by atoms with Crippen LogP contribution in [-0.2, 0) is 10.0 Å². The van der Waals surface area contributed by atoms with Crippen molar-refractivity contribution in [1.29, 1.82) is 0 Å². The summed E-state index contributed by atoms with van der Waals surface area (Å²) in [5, 5.41) is 10.2. The molecule has 1 aromatic rings. The van der Waals surface area contributed by atoms with E-state index in [4.69, 9.17) is 22.6 Å². The molecule has 1 unspecified atom stereocenters. The molecule has 0 aromatic carbocycles. The number of aliphatic hydroxyl groups excluding tert-OH is 1. The minimum Gasteiger partial charge on any atom is -0.396 e. The lowest BCUT2D eigenvalue weighted by molar-refractivity contribution is 0.269. The van der Waals surface area contributed by atoms with Crippen LogP contribution in [0.2, 0.25) is 4.34 Å². The molecule has 1 atom stereocenters. The van der Waals surface area contributed by atoms with E-state index in [0.29, 0.717) is 10.0 Å². The summed E-state index contributed by atoms with van der Waals surface area (Å²) in [6.45, 7) is 1.39. The van der Waals surface area contributed by atoms with Crippen LogP contribution in [0.5, 0.6) is 0 Å². The second-order valence-electron chi connectivity index (χ2n) is 3.60. The average molecular weight is 296 g/mol. The molecule has 6 nitrogen and oxygen atoms in total. The molecule has 1 aliphatic heterocycles. The summed E-state index contributed by atoms with van der Waals surface area (Å²) in [7, 11) is -3.77. The van der Waals surface area contributed by atoms with Crippen LogP contribution in [-0.4, -0.2) is 26.0 Å².